The highest BCUT2D eigenvalue weighted by Gasteiger charge is 2.37. The van der Waals surface area contributed by atoms with Crippen molar-refractivity contribution < 1.29 is 13.9 Å². The third-order valence-corrected chi connectivity index (χ3v) is 5.75. The van der Waals surface area contributed by atoms with E-state index in [1.807, 2.05) is 38.1 Å². The highest BCUT2D eigenvalue weighted by atomic mass is 32.2. The zero-order chi connectivity index (χ0) is 20.4. The molecule has 1 aliphatic rings. The first kappa shape index (κ1) is 19.3. The Labute approximate surface area is 171 Å². The van der Waals surface area contributed by atoms with Gasteiger partial charge in [-0.2, -0.15) is 0 Å². The van der Waals surface area contributed by atoms with Crippen molar-refractivity contribution in [3.63, 3.8) is 0 Å². The van der Waals surface area contributed by atoms with E-state index in [1.54, 1.807) is 16.8 Å². The number of ether oxygens (including phenoxy) is 1. The maximum absolute atomic E-state index is 14.0. The van der Waals surface area contributed by atoms with E-state index in [9.17, 15) is 9.18 Å². The number of benzene rings is 2. The van der Waals surface area contributed by atoms with Gasteiger partial charge in [-0.1, -0.05) is 36.0 Å². The molecule has 9 heteroatoms. The summed E-state index contributed by atoms with van der Waals surface area (Å²) in [6, 6.07) is 13.3. The van der Waals surface area contributed by atoms with E-state index in [-0.39, 0.29) is 17.6 Å². The van der Waals surface area contributed by atoms with Gasteiger partial charge in [0, 0.05) is 0 Å². The molecule has 4 rings (SSSR count). The molecule has 0 saturated carbocycles. The normalized spacial score (nSPS) is 17.9. The van der Waals surface area contributed by atoms with Gasteiger partial charge in [0.05, 0.1) is 18.3 Å². The average Bonchev–Trinajstić information content (AvgIpc) is 3.10. The van der Waals surface area contributed by atoms with Crippen LogP contribution in [0.25, 0.3) is 0 Å². The Hall–Kier alpha value is -3.07. The van der Waals surface area contributed by atoms with Gasteiger partial charge in [-0.25, -0.2) is 9.07 Å². The molecule has 3 aromatic rings. The van der Waals surface area contributed by atoms with Crippen molar-refractivity contribution in [3.8, 4) is 5.75 Å². The molecule has 0 saturated heterocycles. The van der Waals surface area contributed by atoms with Crippen molar-refractivity contribution in [3.05, 3.63) is 65.7 Å². The smallest absolute Gasteiger partial charge is 0.240 e. The van der Waals surface area contributed by atoms with Gasteiger partial charge < -0.3 is 15.5 Å². The Morgan fingerprint density at radius 1 is 1.24 bits per heavy atom. The zero-order valence-electron chi connectivity index (χ0n) is 15.9. The molecule has 2 atom stereocenters. The number of fused-ring (bicyclic) bond motifs is 1. The van der Waals surface area contributed by atoms with Gasteiger partial charge in [-0.05, 0) is 43.7 Å². The molecular formula is C20H20FN5O2S. The zero-order valence-corrected chi connectivity index (χ0v) is 16.7. The predicted octanol–water partition coefficient (Wildman–Crippen LogP) is 3.52. The maximum atomic E-state index is 14.0. The summed E-state index contributed by atoms with van der Waals surface area (Å²) in [5.74, 6) is 0.647. The largest absolute Gasteiger partial charge is 0.494 e. The lowest BCUT2D eigenvalue weighted by Gasteiger charge is -2.32. The summed E-state index contributed by atoms with van der Waals surface area (Å²) in [6.45, 7) is 4.33. The number of amides is 1. The molecule has 2 aromatic carbocycles. The summed E-state index contributed by atoms with van der Waals surface area (Å²) in [5.41, 5.74) is 4.36. The second kappa shape index (κ2) is 8.12. The number of anilines is 1. The first-order chi connectivity index (χ1) is 14.1. The Balaban J connectivity index is 1.65. The van der Waals surface area contributed by atoms with Crippen LogP contribution in [0.15, 0.2) is 53.7 Å². The van der Waals surface area contributed by atoms with Gasteiger partial charge in [0.25, 0.3) is 0 Å². The molecule has 0 radical (unpaired) electrons. The fraction of sp³-hybridized carbons (Fsp3) is 0.250. The highest BCUT2D eigenvalue weighted by molar-refractivity contribution is 8.00. The summed E-state index contributed by atoms with van der Waals surface area (Å²) >= 11 is 1.29. The second-order valence-corrected chi connectivity index (χ2v) is 7.59. The lowest BCUT2D eigenvalue weighted by atomic mass is 10.0. The molecule has 29 heavy (non-hydrogen) atoms. The fourth-order valence-corrected chi connectivity index (χ4v) is 4.24. The number of hydrogen-bond acceptors (Lipinski definition) is 6. The van der Waals surface area contributed by atoms with Crippen LogP contribution in [0.3, 0.4) is 0 Å². The molecule has 1 aromatic heterocycles. The van der Waals surface area contributed by atoms with Crippen LogP contribution in [0, 0.1) is 12.7 Å². The summed E-state index contributed by atoms with van der Waals surface area (Å²) in [6.07, 6.45) is 0. The molecule has 2 heterocycles. The van der Waals surface area contributed by atoms with Gasteiger partial charge >= 0.3 is 0 Å². The Kier molecular flexibility index (Phi) is 5.39. The van der Waals surface area contributed by atoms with Crippen LogP contribution < -0.4 is 15.5 Å². The minimum atomic E-state index is -0.580. The van der Waals surface area contributed by atoms with Crippen molar-refractivity contribution >= 4 is 23.4 Å². The lowest BCUT2D eigenvalue weighted by Crippen LogP contribution is -2.41. The molecule has 0 bridgehead atoms. The van der Waals surface area contributed by atoms with Crippen LogP contribution in [-0.2, 0) is 4.79 Å². The second-order valence-electron chi connectivity index (χ2n) is 6.48. The number of hydrogen-bond donors (Lipinski definition) is 2. The third kappa shape index (κ3) is 3.91. The maximum Gasteiger partial charge on any atom is 0.240 e. The number of thioether (sulfide) groups is 1. The van der Waals surface area contributed by atoms with Crippen LogP contribution >= 0.6 is 11.8 Å². The molecule has 2 N–H and O–H groups in total. The van der Waals surface area contributed by atoms with E-state index >= 15 is 0 Å². The summed E-state index contributed by atoms with van der Waals surface area (Å²) in [7, 11) is 0. The van der Waals surface area contributed by atoms with E-state index in [0.717, 1.165) is 11.3 Å². The highest BCUT2D eigenvalue weighted by Crippen LogP contribution is 2.38. The Morgan fingerprint density at radius 3 is 2.72 bits per heavy atom. The van der Waals surface area contributed by atoms with Gasteiger partial charge in [0.2, 0.25) is 11.1 Å². The minimum Gasteiger partial charge on any atom is -0.494 e. The predicted molar refractivity (Wildman–Crippen MR) is 109 cm³/mol. The SMILES string of the molecule is CCOc1ccc([C@@H]2Nn3c(C)nnc3S[C@H]2C(=O)Nc2ccccc2F)cc1. The van der Waals surface area contributed by atoms with Gasteiger partial charge in [0.15, 0.2) is 0 Å². The number of aryl methyl sites for hydroxylation is 1. The number of carbonyl (C=O) groups excluding carboxylic acids is 1. The van der Waals surface area contributed by atoms with Gasteiger partial charge in [-0.15, -0.1) is 10.2 Å². The van der Waals surface area contributed by atoms with Gasteiger partial charge in [-0.3, -0.25) is 4.79 Å². The molecular weight excluding hydrogens is 393 g/mol. The van der Waals surface area contributed by atoms with Crippen molar-refractivity contribution in [1.82, 2.24) is 14.9 Å². The first-order valence-electron chi connectivity index (χ1n) is 9.20. The molecule has 0 fully saturated rings. The third-order valence-electron chi connectivity index (χ3n) is 4.54. The van der Waals surface area contributed by atoms with Crippen LogP contribution in [0.2, 0.25) is 0 Å². The van der Waals surface area contributed by atoms with Crippen molar-refractivity contribution in [2.75, 3.05) is 17.3 Å². The molecule has 0 spiro atoms. The monoisotopic (exact) mass is 413 g/mol. The number of para-hydroxylation sites is 1. The van der Waals surface area contributed by atoms with E-state index < -0.39 is 11.1 Å². The summed E-state index contributed by atoms with van der Waals surface area (Å²) in [5, 5.41) is 10.9. The van der Waals surface area contributed by atoms with Crippen LogP contribution in [-0.4, -0.2) is 32.6 Å². The van der Waals surface area contributed by atoms with Crippen LogP contribution in [0.1, 0.15) is 24.4 Å². The van der Waals surface area contributed by atoms with Crippen molar-refractivity contribution in [2.45, 2.75) is 30.3 Å². The molecule has 0 aliphatic carbocycles. The number of nitrogens with one attached hydrogen (secondary N) is 2. The van der Waals surface area contributed by atoms with E-state index in [2.05, 4.69) is 20.9 Å². The van der Waals surface area contributed by atoms with E-state index in [1.165, 1.54) is 23.9 Å². The van der Waals surface area contributed by atoms with Crippen molar-refractivity contribution in [1.29, 1.82) is 0 Å². The topological polar surface area (TPSA) is 81.1 Å². The summed E-state index contributed by atoms with van der Waals surface area (Å²) < 4.78 is 21.3. The lowest BCUT2D eigenvalue weighted by molar-refractivity contribution is -0.116. The van der Waals surface area contributed by atoms with Crippen molar-refractivity contribution in [2.24, 2.45) is 0 Å². The molecule has 1 aliphatic heterocycles. The molecule has 150 valence electrons. The Morgan fingerprint density at radius 2 is 2.00 bits per heavy atom. The molecule has 0 unspecified atom stereocenters. The first-order valence-corrected chi connectivity index (χ1v) is 10.1. The average molecular weight is 413 g/mol. The van der Waals surface area contributed by atoms with E-state index in [4.69, 9.17) is 4.74 Å². The molecule has 1 amide bonds. The quantitative estimate of drug-likeness (QED) is 0.666. The summed E-state index contributed by atoms with van der Waals surface area (Å²) in [4.78, 5) is 13.1. The standard InChI is InChI=1S/C20H20FN5O2S/c1-3-28-14-10-8-13(9-11-14)17-18(29-20-24-23-12(2)26(20)25-17)19(27)22-16-7-5-4-6-15(16)21/h4-11,17-18,25H,3H2,1-2H3,(H,22,27)/t17-,18+/m0/s1. The number of halogens is 1. The van der Waals surface area contributed by atoms with E-state index in [0.29, 0.717) is 17.6 Å². The fourth-order valence-electron chi connectivity index (χ4n) is 3.12. The number of aromatic nitrogens is 3. The van der Waals surface area contributed by atoms with Crippen LogP contribution in [0.5, 0.6) is 5.75 Å². The number of rotatable bonds is 5. The molecule has 7 nitrogen and oxygen atoms in total. The Bertz CT molecular complexity index is 1020. The van der Waals surface area contributed by atoms with Gasteiger partial charge in [0.1, 0.15) is 22.6 Å². The van der Waals surface area contributed by atoms with Crippen LogP contribution in [0.4, 0.5) is 10.1 Å². The number of carbonyl (C=O) groups is 1. The minimum absolute atomic E-state index is 0.145. The number of nitrogens with zero attached hydrogens (tertiary/aromatic N) is 3.